The van der Waals surface area contributed by atoms with E-state index in [-0.39, 0.29) is 6.54 Å². The van der Waals surface area contributed by atoms with Gasteiger partial charge in [0.25, 0.3) is 5.91 Å². The number of nitrogens with zero attached hydrogens (tertiary/aromatic N) is 1. The van der Waals surface area contributed by atoms with Crippen LogP contribution in [-0.2, 0) is 28.0 Å². The van der Waals surface area contributed by atoms with Crippen LogP contribution < -0.4 is 10.6 Å². The quantitative estimate of drug-likeness (QED) is 0.786. The highest BCUT2D eigenvalue weighted by molar-refractivity contribution is 6.10. The van der Waals surface area contributed by atoms with Gasteiger partial charge in [0.15, 0.2) is 0 Å². The molecule has 2 N–H and O–H groups in total. The van der Waals surface area contributed by atoms with E-state index in [0.717, 1.165) is 40.9 Å². The summed E-state index contributed by atoms with van der Waals surface area (Å²) in [6, 6.07) is 11.0. The van der Waals surface area contributed by atoms with Crippen LogP contribution in [0.3, 0.4) is 0 Å². The molecule has 0 saturated carbocycles. The number of urea groups is 1. The van der Waals surface area contributed by atoms with E-state index in [1.54, 1.807) is 13.0 Å². The Morgan fingerprint density at radius 2 is 1.83 bits per heavy atom. The summed E-state index contributed by atoms with van der Waals surface area (Å²) in [6.07, 6.45) is 3.15. The minimum Gasteiger partial charge on any atom is -0.325 e. The Bertz CT molecular complexity index is 1030. The molecule has 1 fully saturated rings. The molecule has 1 saturated heterocycles. The number of nitrogens with one attached hydrogen (secondary N) is 2. The summed E-state index contributed by atoms with van der Waals surface area (Å²) in [5.74, 6) is -0.814. The lowest BCUT2D eigenvalue weighted by atomic mass is 9.89. The van der Waals surface area contributed by atoms with Crippen LogP contribution in [0.5, 0.6) is 0 Å². The van der Waals surface area contributed by atoms with Gasteiger partial charge in [-0.3, -0.25) is 14.5 Å². The van der Waals surface area contributed by atoms with E-state index in [1.165, 1.54) is 11.1 Å². The van der Waals surface area contributed by atoms with E-state index in [4.69, 9.17) is 0 Å². The summed E-state index contributed by atoms with van der Waals surface area (Å²) in [4.78, 5) is 39.1. The van der Waals surface area contributed by atoms with Crippen molar-refractivity contribution >= 4 is 23.5 Å². The molecule has 0 radical (unpaired) electrons. The van der Waals surface area contributed by atoms with Gasteiger partial charge in [-0.1, -0.05) is 24.3 Å². The van der Waals surface area contributed by atoms with Crippen LogP contribution in [0, 0.1) is 13.8 Å². The van der Waals surface area contributed by atoms with Gasteiger partial charge in [-0.05, 0) is 80.0 Å². The Hall–Kier alpha value is -3.15. The lowest BCUT2D eigenvalue weighted by Gasteiger charge is -2.23. The van der Waals surface area contributed by atoms with Crippen LogP contribution in [0.25, 0.3) is 0 Å². The van der Waals surface area contributed by atoms with E-state index in [9.17, 15) is 14.4 Å². The summed E-state index contributed by atoms with van der Waals surface area (Å²) in [6.45, 7) is 5.34. The molecule has 2 aromatic rings. The van der Waals surface area contributed by atoms with Gasteiger partial charge in [-0.25, -0.2) is 4.79 Å². The van der Waals surface area contributed by atoms with Crippen molar-refractivity contribution in [1.29, 1.82) is 0 Å². The van der Waals surface area contributed by atoms with Crippen LogP contribution in [0.1, 0.15) is 41.2 Å². The lowest BCUT2D eigenvalue weighted by molar-refractivity contribution is -0.133. The number of hydrogen-bond acceptors (Lipinski definition) is 3. The minimum absolute atomic E-state index is 0.321. The highest BCUT2D eigenvalue weighted by atomic mass is 16.2. The first-order valence-corrected chi connectivity index (χ1v) is 9.91. The van der Waals surface area contributed by atoms with Gasteiger partial charge < -0.3 is 10.6 Å². The maximum Gasteiger partial charge on any atom is 0.325 e. The molecule has 1 atom stereocenters. The average molecular weight is 391 g/mol. The lowest BCUT2D eigenvalue weighted by Crippen LogP contribution is -2.42. The fourth-order valence-electron chi connectivity index (χ4n) is 4.08. The number of benzene rings is 2. The first-order valence-electron chi connectivity index (χ1n) is 9.91. The van der Waals surface area contributed by atoms with Gasteiger partial charge in [0.2, 0.25) is 5.91 Å². The topological polar surface area (TPSA) is 78.5 Å². The third kappa shape index (κ3) is 3.39. The number of aryl methyl sites for hydroxylation is 4. The highest BCUT2D eigenvalue weighted by Gasteiger charge is 2.49. The molecule has 0 bridgehead atoms. The summed E-state index contributed by atoms with van der Waals surface area (Å²) in [5.41, 5.74) is 4.97. The van der Waals surface area contributed by atoms with Crippen LogP contribution in [0.15, 0.2) is 36.4 Å². The second-order valence-electron chi connectivity index (χ2n) is 8.13. The van der Waals surface area contributed by atoms with Gasteiger partial charge in [0.05, 0.1) is 0 Å². The largest absolute Gasteiger partial charge is 0.325 e. The number of hydrogen-bond donors (Lipinski definition) is 2. The van der Waals surface area contributed by atoms with Crippen molar-refractivity contribution in [2.75, 3.05) is 11.9 Å². The zero-order valence-electron chi connectivity index (χ0n) is 17.0. The van der Waals surface area contributed by atoms with Gasteiger partial charge in [0.1, 0.15) is 12.1 Å². The molecular formula is C23H25N3O3. The molecule has 0 aromatic heterocycles. The molecule has 1 aliphatic carbocycles. The number of rotatable bonds is 4. The number of anilines is 1. The van der Waals surface area contributed by atoms with E-state index in [2.05, 4.69) is 10.6 Å². The van der Waals surface area contributed by atoms with Crippen molar-refractivity contribution in [2.24, 2.45) is 0 Å². The van der Waals surface area contributed by atoms with Gasteiger partial charge >= 0.3 is 6.03 Å². The molecule has 0 spiro atoms. The molecule has 0 unspecified atom stereocenters. The Morgan fingerprint density at radius 1 is 1.07 bits per heavy atom. The average Bonchev–Trinajstić information content (AvgIpc) is 3.23. The molecule has 4 rings (SSSR count). The molecule has 2 aromatic carbocycles. The molecule has 4 amide bonds. The third-order valence-corrected chi connectivity index (χ3v) is 6.04. The van der Waals surface area contributed by atoms with E-state index < -0.39 is 23.4 Å². The predicted octanol–water partition coefficient (Wildman–Crippen LogP) is 3.20. The monoisotopic (exact) mass is 391 g/mol. The minimum atomic E-state index is -1.16. The first kappa shape index (κ1) is 19.2. The SMILES string of the molecule is Cc1ccc(NC(=O)CN2C(=O)N[C@@](C)(c3ccc4c(c3)CCC4)C2=O)cc1C. The molecule has 150 valence electrons. The fourth-order valence-corrected chi connectivity index (χ4v) is 4.08. The Morgan fingerprint density at radius 3 is 2.59 bits per heavy atom. The number of carbonyl (C=O) groups is 3. The van der Waals surface area contributed by atoms with Crippen LogP contribution in [0.4, 0.5) is 10.5 Å². The highest BCUT2D eigenvalue weighted by Crippen LogP contribution is 2.32. The molecule has 29 heavy (non-hydrogen) atoms. The first-order chi connectivity index (χ1) is 13.8. The number of carbonyl (C=O) groups excluding carboxylic acids is 3. The van der Waals surface area contributed by atoms with Crippen LogP contribution in [-0.4, -0.2) is 29.3 Å². The second kappa shape index (κ2) is 7.03. The van der Waals surface area contributed by atoms with E-state index in [0.29, 0.717) is 5.69 Å². The van der Waals surface area contributed by atoms with E-state index >= 15 is 0 Å². The van der Waals surface area contributed by atoms with Crippen molar-refractivity contribution in [3.63, 3.8) is 0 Å². The summed E-state index contributed by atoms with van der Waals surface area (Å²) in [7, 11) is 0. The summed E-state index contributed by atoms with van der Waals surface area (Å²) >= 11 is 0. The predicted molar refractivity (Wildman–Crippen MR) is 111 cm³/mol. The van der Waals surface area contributed by atoms with Crippen molar-refractivity contribution in [3.8, 4) is 0 Å². The maximum atomic E-state index is 13.1. The molecule has 6 nitrogen and oxygen atoms in total. The Balaban J connectivity index is 1.50. The molecule has 1 aliphatic heterocycles. The maximum absolute atomic E-state index is 13.1. The number of fused-ring (bicyclic) bond motifs is 1. The fraction of sp³-hybridized carbons (Fsp3) is 0.348. The Kier molecular flexibility index (Phi) is 4.65. The summed E-state index contributed by atoms with van der Waals surface area (Å²) < 4.78 is 0. The van der Waals surface area contributed by atoms with Crippen LogP contribution in [0.2, 0.25) is 0 Å². The Labute approximate surface area is 170 Å². The molecule has 2 aliphatic rings. The molecule has 1 heterocycles. The zero-order chi connectivity index (χ0) is 20.8. The smallest absolute Gasteiger partial charge is 0.325 e. The van der Waals surface area contributed by atoms with Gasteiger partial charge in [0, 0.05) is 5.69 Å². The van der Waals surface area contributed by atoms with Gasteiger partial charge in [-0.2, -0.15) is 0 Å². The number of imide groups is 1. The molecule has 6 heteroatoms. The summed E-state index contributed by atoms with van der Waals surface area (Å²) in [5, 5.41) is 5.55. The normalized spacial score (nSPS) is 20.6. The van der Waals surface area contributed by atoms with Gasteiger partial charge in [-0.15, -0.1) is 0 Å². The van der Waals surface area contributed by atoms with Crippen molar-refractivity contribution in [3.05, 3.63) is 64.2 Å². The van der Waals surface area contributed by atoms with Crippen molar-refractivity contribution < 1.29 is 14.4 Å². The van der Waals surface area contributed by atoms with Crippen LogP contribution >= 0.6 is 0 Å². The zero-order valence-corrected chi connectivity index (χ0v) is 17.0. The molecular weight excluding hydrogens is 366 g/mol. The van der Waals surface area contributed by atoms with E-state index in [1.807, 2.05) is 44.2 Å². The second-order valence-corrected chi connectivity index (χ2v) is 8.13. The third-order valence-electron chi connectivity index (χ3n) is 6.04. The van der Waals surface area contributed by atoms with Crippen molar-refractivity contribution in [1.82, 2.24) is 10.2 Å². The number of amides is 4. The standard InChI is InChI=1S/C23H25N3O3/c1-14-7-10-19(11-15(14)2)24-20(27)13-26-21(28)23(3,25-22(26)29)18-9-8-16-5-4-6-17(16)12-18/h7-12H,4-6,13H2,1-3H3,(H,24,27)(H,25,29)/t23-/m0/s1. The van der Waals surface area contributed by atoms with Crippen molar-refractivity contribution in [2.45, 2.75) is 45.6 Å².